The van der Waals surface area contributed by atoms with Gasteiger partial charge in [0.15, 0.2) is 6.20 Å². The lowest BCUT2D eigenvalue weighted by Gasteiger charge is -2.08. The molecule has 9 heteroatoms. The molecule has 3 N–H and O–H groups in total. The Bertz CT molecular complexity index is 789. The number of nitrogens with zero attached hydrogens (tertiary/aromatic N) is 1. The summed E-state index contributed by atoms with van der Waals surface area (Å²) in [4.78, 5) is 34.0. The molecule has 0 radical (unpaired) electrons. The highest BCUT2D eigenvalue weighted by atomic mass is 35.5. The molecule has 0 unspecified atom stereocenters. The van der Waals surface area contributed by atoms with Crippen LogP contribution in [0.2, 0.25) is 5.15 Å². The van der Waals surface area contributed by atoms with E-state index >= 15 is 0 Å². The molecule has 1 aromatic heterocycles. The number of halogens is 1. The molecule has 2 aromatic rings. The topological polar surface area (TPSA) is 131 Å². The van der Waals surface area contributed by atoms with Crippen molar-refractivity contribution in [1.82, 2.24) is 0 Å². The summed E-state index contributed by atoms with van der Waals surface area (Å²) in [5.41, 5.74) is -0.646. The third-order valence-electron chi connectivity index (χ3n) is 2.81. The van der Waals surface area contributed by atoms with Gasteiger partial charge in [-0.15, -0.1) is 0 Å². The van der Waals surface area contributed by atoms with Crippen molar-refractivity contribution >= 4 is 35.1 Å². The zero-order chi connectivity index (χ0) is 17.1. The lowest BCUT2D eigenvalue weighted by Crippen LogP contribution is -2.29. The van der Waals surface area contributed by atoms with E-state index in [2.05, 4.69) is 5.32 Å². The number of benzene rings is 1. The third-order valence-corrected chi connectivity index (χ3v) is 3.11. The van der Waals surface area contributed by atoms with Crippen LogP contribution in [0.5, 0.6) is 0 Å². The second-order valence-electron chi connectivity index (χ2n) is 4.43. The molecule has 0 fully saturated rings. The molecule has 0 atom stereocenters. The minimum atomic E-state index is -1.34. The number of hydrogen-bond acceptors (Lipinski definition) is 4. The first-order valence-electron chi connectivity index (χ1n) is 6.09. The summed E-state index contributed by atoms with van der Waals surface area (Å²) >= 11 is 5.54. The van der Waals surface area contributed by atoms with Gasteiger partial charge in [0.25, 0.3) is 11.1 Å². The predicted molar refractivity (Wildman–Crippen MR) is 78.7 cm³/mol. The first-order valence-corrected chi connectivity index (χ1v) is 6.47. The summed E-state index contributed by atoms with van der Waals surface area (Å²) in [6, 6.07) is 5.70. The van der Waals surface area contributed by atoms with Gasteiger partial charge in [0.05, 0.1) is 11.1 Å². The predicted octanol–water partition coefficient (Wildman–Crippen LogP) is 1.62. The molecule has 0 spiro atoms. The van der Waals surface area contributed by atoms with Crippen LogP contribution >= 0.6 is 11.6 Å². The van der Waals surface area contributed by atoms with Crippen LogP contribution in [0.3, 0.4) is 0 Å². The molecule has 1 aromatic carbocycles. The Morgan fingerprint density at radius 2 is 1.57 bits per heavy atom. The summed E-state index contributed by atoms with van der Waals surface area (Å²) in [7, 11) is 0. The quantitative estimate of drug-likeness (QED) is 0.442. The van der Waals surface area contributed by atoms with Crippen molar-refractivity contribution in [3.8, 4) is 0 Å². The zero-order valence-corrected chi connectivity index (χ0v) is 12.1. The Kier molecular flexibility index (Phi) is 4.47. The maximum absolute atomic E-state index is 12.0. The number of aromatic nitrogens is 1. The van der Waals surface area contributed by atoms with Crippen molar-refractivity contribution in [2.75, 3.05) is 5.32 Å². The summed E-state index contributed by atoms with van der Waals surface area (Å²) in [5, 5.41) is 31.5. The number of rotatable bonds is 4. The van der Waals surface area contributed by atoms with Crippen LogP contribution in [-0.2, 0) is 0 Å². The molecule has 0 aliphatic carbocycles. The number of carbonyl (C=O) groups is 3. The minimum Gasteiger partial charge on any atom is -0.618 e. The highest BCUT2D eigenvalue weighted by molar-refractivity contribution is 6.28. The van der Waals surface area contributed by atoms with Gasteiger partial charge in [-0.25, -0.2) is 9.59 Å². The van der Waals surface area contributed by atoms with Gasteiger partial charge in [-0.05, 0) is 35.9 Å². The first-order chi connectivity index (χ1) is 10.8. The molecule has 8 nitrogen and oxygen atoms in total. The van der Waals surface area contributed by atoms with Crippen LogP contribution in [0.1, 0.15) is 31.1 Å². The molecule has 0 saturated heterocycles. The molecule has 0 saturated carbocycles. The molecular formula is C14H9ClN2O6. The maximum Gasteiger partial charge on any atom is 0.335 e. The second kappa shape index (κ2) is 6.32. The maximum atomic E-state index is 12.0. The Labute approximate surface area is 134 Å². The number of carboxylic acids is 2. The Morgan fingerprint density at radius 3 is 2.04 bits per heavy atom. The standard InChI is InChI=1S/C14H9ClN2O6/c15-11-2-1-7(6-17(11)23)12(18)16-10-4-8(13(19)20)3-9(5-10)14(21)22/h1-6H,(H,16,18)(H,19,20)(H,21,22). The summed E-state index contributed by atoms with van der Waals surface area (Å²) in [6.45, 7) is 0. The van der Waals surface area contributed by atoms with E-state index in [1.54, 1.807) is 0 Å². The zero-order valence-electron chi connectivity index (χ0n) is 11.3. The van der Waals surface area contributed by atoms with E-state index in [0.717, 1.165) is 24.4 Å². The molecule has 0 bridgehead atoms. The molecule has 0 aliphatic heterocycles. The number of carbonyl (C=O) groups excluding carboxylic acids is 1. The second-order valence-corrected chi connectivity index (χ2v) is 4.82. The van der Waals surface area contributed by atoms with Gasteiger partial charge in [0, 0.05) is 11.8 Å². The number of nitrogens with one attached hydrogen (secondary N) is 1. The van der Waals surface area contributed by atoms with E-state index in [1.165, 1.54) is 12.1 Å². The SMILES string of the molecule is O=C(O)c1cc(NC(=O)c2ccc(Cl)[n+]([O-])c2)cc(C(=O)O)c1. The number of anilines is 1. The molecular weight excluding hydrogens is 328 g/mol. The average molecular weight is 337 g/mol. The van der Waals surface area contributed by atoms with E-state index in [1.807, 2.05) is 0 Å². The smallest absolute Gasteiger partial charge is 0.335 e. The van der Waals surface area contributed by atoms with Gasteiger partial charge >= 0.3 is 11.9 Å². The summed E-state index contributed by atoms with van der Waals surface area (Å²) in [6.07, 6.45) is 0.941. The van der Waals surface area contributed by atoms with E-state index in [0.29, 0.717) is 0 Å². The summed E-state index contributed by atoms with van der Waals surface area (Å²) in [5.74, 6) is -3.40. The fraction of sp³-hybridized carbons (Fsp3) is 0. The van der Waals surface area contributed by atoms with Gasteiger partial charge in [0.1, 0.15) is 5.56 Å². The fourth-order valence-electron chi connectivity index (χ4n) is 1.75. The largest absolute Gasteiger partial charge is 0.618 e. The van der Waals surface area contributed by atoms with Crippen LogP contribution in [-0.4, -0.2) is 28.1 Å². The third kappa shape index (κ3) is 3.74. The highest BCUT2D eigenvalue weighted by Gasteiger charge is 2.15. The van der Waals surface area contributed by atoms with Crippen LogP contribution in [0.15, 0.2) is 36.5 Å². The van der Waals surface area contributed by atoms with Crippen molar-refractivity contribution in [2.45, 2.75) is 0 Å². The average Bonchev–Trinajstić information content (AvgIpc) is 2.49. The van der Waals surface area contributed by atoms with Gasteiger partial charge in [-0.1, -0.05) is 0 Å². The monoisotopic (exact) mass is 336 g/mol. The van der Waals surface area contributed by atoms with Crippen LogP contribution < -0.4 is 10.0 Å². The van der Waals surface area contributed by atoms with Crippen LogP contribution in [0.25, 0.3) is 0 Å². The van der Waals surface area contributed by atoms with Gasteiger partial charge in [-0.2, -0.15) is 4.73 Å². The van der Waals surface area contributed by atoms with Crippen molar-refractivity contribution in [3.05, 3.63) is 63.6 Å². The van der Waals surface area contributed by atoms with Crippen molar-refractivity contribution in [3.63, 3.8) is 0 Å². The van der Waals surface area contributed by atoms with E-state index in [4.69, 9.17) is 21.8 Å². The highest BCUT2D eigenvalue weighted by Crippen LogP contribution is 2.17. The molecule has 23 heavy (non-hydrogen) atoms. The Balaban J connectivity index is 2.34. The minimum absolute atomic E-state index is 0.0259. The van der Waals surface area contributed by atoms with Gasteiger partial charge < -0.3 is 20.7 Å². The van der Waals surface area contributed by atoms with Gasteiger partial charge in [-0.3, -0.25) is 4.79 Å². The van der Waals surface area contributed by atoms with Crippen LogP contribution in [0, 0.1) is 5.21 Å². The number of amides is 1. The number of aromatic carboxylic acids is 2. The van der Waals surface area contributed by atoms with Crippen molar-refractivity contribution in [2.24, 2.45) is 0 Å². The van der Waals surface area contributed by atoms with Gasteiger partial charge in [0.2, 0.25) is 0 Å². The van der Waals surface area contributed by atoms with Crippen molar-refractivity contribution < 1.29 is 29.3 Å². The van der Waals surface area contributed by atoms with E-state index < -0.39 is 17.8 Å². The lowest BCUT2D eigenvalue weighted by atomic mass is 10.1. The Morgan fingerprint density at radius 1 is 1.00 bits per heavy atom. The first kappa shape index (κ1) is 16.2. The molecule has 0 aliphatic rings. The normalized spacial score (nSPS) is 10.1. The lowest BCUT2D eigenvalue weighted by molar-refractivity contribution is -0.603. The molecule has 2 rings (SSSR count). The summed E-state index contributed by atoms with van der Waals surface area (Å²) < 4.78 is 0.285. The van der Waals surface area contributed by atoms with E-state index in [9.17, 15) is 19.6 Å². The van der Waals surface area contributed by atoms with Crippen molar-refractivity contribution in [1.29, 1.82) is 0 Å². The van der Waals surface area contributed by atoms with E-state index in [-0.39, 0.29) is 32.3 Å². The number of pyridine rings is 1. The molecule has 118 valence electrons. The molecule has 1 heterocycles. The van der Waals surface area contributed by atoms with Crippen LogP contribution in [0.4, 0.5) is 5.69 Å². The fourth-order valence-corrected chi connectivity index (χ4v) is 1.86. The number of carboxylic acid groups (broad SMARTS) is 2. The molecule has 1 amide bonds. The number of hydrogen-bond donors (Lipinski definition) is 3. The Hall–Kier alpha value is -3.13.